The fourth-order valence-electron chi connectivity index (χ4n) is 0.482. The van der Waals surface area contributed by atoms with E-state index < -0.39 is 10.1 Å². The Balaban J connectivity index is 0. The molecule has 0 rings (SSSR count). The van der Waals surface area contributed by atoms with E-state index >= 15 is 0 Å². The van der Waals surface area contributed by atoms with Gasteiger partial charge in [-0.25, -0.2) is 0 Å². The predicted molar refractivity (Wildman–Crippen MR) is 49.4 cm³/mol. The topological polar surface area (TPSA) is 81.4 Å². The molecule has 0 radical (unpaired) electrons. The van der Waals surface area contributed by atoms with Crippen LogP contribution in [0.1, 0.15) is 13.3 Å². The van der Waals surface area contributed by atoms with Gasteiger partial charge in [0.05, 0.1) is 5.75 Å². The van der Waals surface area contributed by atoms with E-state index in [0.717, 1.165) is 0 Å². The number of hydrogen-bond donors (Lipinski definition) is 2. The quantitative estimate of drug-likeness (QED) is 0.327. The molecule has 0 saturated heterocycles. The first-order chi connectivity index (χ1) is 5.12. The van der Waals surface area contributed by atoms with Crippen molar-refractivity contribution in [3.8, 4) is 0 Å². The minimum absolute atomic E-state index is 0. The fraction of sp³-hybridized carbons (Fsp3) is 1.00. The Morgan fingerprint density at radius 2 is 2.08 bits per heavy atom. The molecular weight excluding hydrogens is 207 g/mol. The van der Waals surface area contributed by atoms with Gasteiger partial charge in [-0.3, -0.25) is 0 Å². The Morgan fingerprint density at radius 3 is 2.50 bits per heavy atom. The average molecular weight is 222 g/mol. The average Bonchev–Trinajstić information content (AvgIpc) is 1.87. The van der Waals surface area contributed by atoms with Crippen molar-refractivity contribution >= 4 is 61.5 Å². The summed E-state index contributed by atoms with van der Waals surface area (Å²) in [6, 6.07) is 0. The Hall–Kier alpha value is 1.47. The van der Waals surface area contributed by atoms with Crippen LogP contribution in [0.15, 0.2) is 0 Å². The van der Waals surface area contributed by atoms with Gasteiger partial charge in [-0.05, 0) is 6.42 Å². The van der Waals surface area contributed by atoms with Crippen molar-refractivity contribution in [2.24, 2.45) is 5.73 Å². The van der Waals surface area contributed by atoms with E-state index in [1.807, 2.05) is 0 Å². The van der Waals surface area contributed by atoms with E-state index in [-0.39, 0.29) is 57.1 Å². The fourth-order valence-corrected chi connectivity index (χ4v) is 1.33. The van der Waals surface area contributed by atoms with Crippen LogP contribution >= 0.6 is 0 Å². The van der Waals surface area contributed by atoms with Gasteiger partial charge in [0.15, 0.2) is 0 Å². The van der Waals surface area contributed by atoms with E-state index in [1.165, 1.54) is 0 Å². The molecule has 3 N–H and O–H groups in total. The molecule has 0 amide bonds. The molecule has 0 aliphatic carbocycles. The van der Waals surface area contributed by atoms with Crippen molar-refractivity contribution in [1.82, 2.24) is 5.48 Å². The van der Waals surface area contributed by atoms with Crippen LogP contribution in [0.3, 0.4) is 0 Å². The van der Waals surface area contributed by atoms with Crippen LogP contribution in [0.4, 0.5) is 0 Å². The molecular formula is C5H15KN2O3S. The number of nitrogens with two attached hydrogens (primary N) is 1. The van der Waals surface area contributed by atoms with Crippen LogP contribution in [0.5, 0.6) is 0 Å². The molecule has 0 aromatic rings. The summed E-state index contributed by atoms with van der Waals surface area (Å²) in [6.45, 7) is 2.45. The van der Waals surface area contributed by atoms with Crippen LogP contribution in [0.25, 0.3) is 0 Å². The third-order valence-corrected chi connectivity index (χ3v) is 2.17. The third-order valence-electron chi connectivity index (χ3n) is 0.886. The Bertz CT molecular complexity index is 183. The molecule has 7 heteroatoms. The van der Waals surface area contributed by atoms with Crippen molar-refractivity contribution < 1.29 is 12.7 Å². The van der Waals surface area contributed by atoms with Crippen LogP contribution < -0.4 is 11.2 Å². The second kappa shape index (κ2) is 9.04. The van der Waals surface area contributed by atoms with E-state index in [1.54, 1.807) is 6.92 Å². The first-order valence-corrected chi connectivity index (χ1v) is 5.04. The summed E-state index contributed by atoms with van der Waals surface area (Å²) < 4.78 is 25.9. The summed E-state index contributed by atoms with van der Waals surface area (Å²) in [5.41, 5.74) is 7.34. The van der Waals surface area contributed by atoms with Crippen LogP contribution in [-0.2, 0) is 14.4 Å². The van der Waals surface area contributed by atoms with Gasteiger partial charge in [-0.1, -0.05) is 6.92 Å². The summed E-state index contributed by atoms with van der Waals surface area (Å²) in [7, 11) is -3.37. The second-order valence-corrected chi connectivity index (χ2v) is 3.72. The molecule has 0 aromatic heterocycles. The zero-order chi connectivity index (χ0) is 8.74. The van der Waals surface area contributed by atoms with E-state index in [2.05, 4.69) is 9.76 Å². The summed E-state index contributed by atoms with van der Waals surface area (Å²) in [5, 5.41) is 0. The zero-order valence-electron chi connectivity index (χ0n) is 6.54. The van der Waals surface area contributed by atoms with E-state index in [4.69, 9.17) is 5.73 Å². The number of rotatable bonds is 6. The molecule has 5 nitrogen and oxygen atoms in total. The SMILES string of the molecule is CCCS(=O)(=O)ONCCN.[KH]. The van der Waals surface area contributed by atoms with Gasteiger partial charge in [0.1, 0.15) is 0 Å². The van der Waals surface area contributed by atoms with Gasteiger partial charge in [0, 0.05) is 13.1 Å². The molecule has 0 aliphatic rings. The van der Waals surface area contributed by atoms with Crippen molar-refractivity contribution in [2.45, 2.75) is 13.3 Å². The molecule has 0 aromatic carbocycles. The summed E-state index contributed by atoms with van der Waals surface area (Å²) in [4.78, 5) is 0. The van der Waals surface area contributed by atoms with Crippen LogP contribution in [0.2, 0.25) is 0 Å². The molecule has 0 saturated carbocycles. The monoisotopic (exact) mass is 222 g/mol. The summed E-state index contributed by atoms with van der Waals surface area (Å²) in [5.74, 6) is 0.0323. The van der Waals surface area contributed by atoms with Crippen molar-refractivity contribution in [3.63, 3.8) is 0 Å². The summed E-state index contributed by atoms with van der Waals surface area (Å²) >= 11 is 0. The van der Waals surface area contributed by atoms with Crippen LogP contribution in [-0.4, -0.2) is 78.6 Å². The molecule has 0 unspecified atom stereocenters. The Morgan fingerprint density at radius 1 is 1.50 bits per heavy atom. The Labute approximate surface area is 116 Å². The van der Waals surface area contributed by atoms with E-state index in [9.17, 15) is 8.42 Å². The summed E-state index contributed by atoms with van der Waals surface area (Å²) in [6.07, 6.45) is 0.548. The Kier molecular flexibility index (Phi) is 12.0. The van der Waals surface area contributed by atoms with Gasteiger partial charge in [-0.15, -0.1) is 0 Å². The van der Waals surface area contributed by atoms with Gasteiger partial charge in [0.2, 0.25) is 0 Å². The molecule has 0 aliphatic heterocycles. The predicted octanol–water partition coefficient (Wildman–Crippen LogP) is -1.44. The third kappa shape index (κ3) is 9.55. The number of hydrogen-bond acceptors (Lipinski definition) is 5. The molecule has 0 spiro atoms. The van der Waals surface area contributed by atoms with Crippen molar-refractivity contribution in [3.05, 3.63) is 0 Å². The van der Waals surface area contributed by atoms with Crippen molar-refractivity contribution in [1.29, 1.82) is 0 Å². The standard InChI is InChI=1S/C5H14N2O3S.K.H/c1-2-5-11(8,9)10-7-4-3-6;;/h7H,2-6H2,1H3;;. The zero-order valence-corrected chi connectivity index (χ0v) is 7.36. The normalized spacial score (nSPS) is 10.8. The van der Waals surface area contributed by atoms with Crippen LogP contribution in [0, 0.1) is 0 Å². The molecule has 0 bridgehead atoms. The number of hydroxylamine groups is 1. The maximum absolute atomic E-state index is 10.8. The van der Waals surface area contributed by atoms with Gasteiger partial charge >= 0.3 is 51.4 Å². The maximum atomic E-state index is 10.8. The second-order valence-electron chi connectivity index (χ2n) is 2.03. The number of nitrogens with one attached hydrogen (secondary N) is 1. The molecule has 0 heterocycles. The molecule has 70 valence electrons. The van der Waals surface area contributed by atoms with Gasteiger partial charge in [-0.2, -0.15) is 18.2 Å². The van der Waals surface area contributed by atoms with Gasteiger partial charge in [0.25, 0.3) is 10.1 Å². The molecule has 0 fully saturated rings. The van der Waals surface area contributed by atoms with Gasteiger partial charge < -0.3 is 5.73 Å². The molecule has 12 heavy (non-hydrogen) atoms. The first-order valence-electron chi connectivity index (χ1n) is 3.46. The minimum atomic E-state index is -3.37. The first kappa shape index (κ1) is 15.9. The van der Waals surface area contributed by atoms with Crippen molar-refractivity contribution in [2.75, 3.05) is 18.8 Å². The van der Waals surface area contributed by atoms with E-state index in [0.29, 0.717) is 19.5 Å². The molecule has 0 atom stereocenters.